The number of hydrogen-bond acceptors (Lipinski definition) is 4. The number of carbonyl (C=O) groups is 2. The average Bonchev–Trinajstić information content (AvgIpc) is 2.68. The molecule has 1 aliphatic rings. The summed E-state index contributed by atoms with van der Waals surface area (Å²) in [4.78, 5) is 28.5. The fourth-order valence-electron chi connectivity index (χ4n) is 3.91. The quantitative estimate of drug-likeness (QED) is 0.504. The summed E-state index contributed by atoms with van der Waals surface area (Å²) >= 11 is 0. The van der Waals surface area contributed by atoms with Crippen LogP contribution in [-0.2, 0) is 9.53 Å². The van der Waals surface area contributed by atoms with Gasteiger partial charge >= 0.3 is 0 Å². The smallest absolute Gasteiger partial charge is 0.251 e. The maximum absolute atomic E-state index is 12.4. The maximum Gasteiger partial charge on any atom is 0.251 e. The lowest BCUT2D eigenvalue weighted by molar-refractivity contribution is -0.122. The zero-order chi connectivity index (χ0) is 20.5. The summed E-state index contributed by atoms with van der Waals surface area (Å²) in [6.45, 7) is 8.20. The molecule has 1 aromatic heterocycles. The summed E-state index contributed by atoms with van der Waals surface area (Å²) in [6.07, 6.45) is 6.98. The number of amides is 2. The van der Waals surface area contributed by atoms with E-state index in [0.717, 1.165) is 6.42 Å². The van der Waals surface area contributed by atoms with E-state index in [1.807, 2.05) is 0 Å². The first-order valence-corrected chi connectivity index (χ1v) is 10.0. The molecule has 2 N–H and O–H groups in total. The third kappa shape index (κ3) is 6.44. The molecule has 6 nitrogen and oxygen atoms in total. The lowest BCUT2D eigenvalue weighted by Gasteiger charge is -2.37. The van der Waals surface area contributed by atoms with Crippen LogP contribution in [0.5, 0.6) is 0 Å². The van der Waals surface area contributed by atoms with Crippen LogP contribution < -0.4 is 10.6 Å². The van der Waals surface area contributed by atoms with Gasteiger partial charge in [-0.1, -0.05) is 25.5 Å². The Bertz CT molecular complexity index is 673. The van der Waals surface area contributed by atoms with Gasteiger partial charge in [-0.15, -0.1) is 0 Å². The minimum atomic E-state index is -0.0735. The largest absolute Gasteiger partial charge is 0.383 e. The number of rotatable bonds is 9. The number of hydrogen-bond donors (Lipinski definition) is 2. The molecule has 3 atom stereocenters. The molecule has 0 fully saturated rings. The summed E-state index contributed by atoms with van der Waals surface area (Å²) < 4.78 is 4.98. The molecule has 154 valence electrons. The zero-order valence-electron chi connectivity index (χ0n) is 17.4. The van der Waals surface area contributed by atoms with E-state index in [0.29, 0.717) is 43.5 Å². The van der Waals surface area contributed by atoms with E-state index in [1.165, 1.54) is 5.57 Å². The topological polar surface area (TPSA) is 80.3 Å². The summed E-state index contributed by atoms with van der Waals surface area (Å²) in [5, 5.41) is 5.97. The Kier molecular flexibility index (Phi) is 8.64. The van der Waals surface area contributed by atoms with Gasteiger partial charge in [0.15, 0.2) is 0 Å². The van der Waals surface area contributed by atoms with Crippen molar-refractivity contribution in [2.75, 3.05) is 26.8 Å². The van der Waals surface area contributed by atoms with Gasteiger partial charge in [-0.05, 0) is 49.1 Å². The van der Waals surface area contributed by atoms with E-state index in [4.69, 9.17) is 4.74 Å². The molecule has 0 radical (unpaired) electrons. The molecule has 2 amide bonds. The van der Waals surface area contributed by atoms with Gasteiger partial charge in [0.1, 0.15) is 0 Å². The van der Waals surface area contributed by atoms with E-state index in [9.17, 15) is 9.59 Å². The van der Waals surface area contributed by atoms with Gasteiger partial charge < -0.3 is 15.4 Å². The van der Waals surface area contributed by atoms with Gasteiger partial charge in [0.05, 0.1) is 6.61 Å². The molecule has 6 heteroatoms. The molecular weight excluding hydrogens is 354 g/mol. The van der Waals surface area contributed by atoms with Gasteiger partial charge in [-0.2, -0.15) is 0 Å². The second-order valence-corrected chi connectivity index (χ2v) is 7.91. The molecule has 1 heterocycles. The van der Waals surface area contributed by atoms with Crippen molar-refractivity contribution in [1.82, 2.24) is 15.6 Å². The standard InChI is InChI=1S/C22H33N3O3/c1-15(2)20-12-18(13-21(26)24-9-10-28-4)16(3)11-19(20)14-25-22(27)17-5-7-23-8-6-17/h5-8,11,15,18-20H,9-10,12-14H2,1-4H3,(H,24,26)(H,25,27). The number of carbonyl (C=O) groups excluding carboxylic acids is 2. The molecule has 1 aromatic rings. The Morgan fingerprint density at radius 2 is 1.96 bits per heavy atom. The SMILES string of the molecule is COCCNC(=O)CC1CC(C(C)C)C(CNC(=O)c2ccncc2)C=C1C. The monoisotopic (exact) mass is 387 g/mol. The first-order valence-electron chi connectivity index (χ1n) is 10.0. The van der Waals surface area contributed by atoms with Crippen LogP contribution in [0.1, 0.15) is 44.0 Å². The molecule has 2 rings (SSSR count). The van der Waals surface area contributed by atoms with Crippen molar-refractivity contribution in [3.8, 4) is 0 Å². The summed E-state index contributed by atoms with van der Waals surface area (Å²) in [7, 11) is 1.63. The van der Waals surface area contributed by atoms with Crippen molar-refractivity contribution >= 4 is 11.8 Å². The third-order valence-corrected chi connectivity index (χ3v) is 5.58. The Morgan fingerprint density at radius 3 is 2.61 bits per heavy atom. The third-order valence-electron chi connectivity index (χ3n) is 5.58. The van der Waals surface area contributed by atoms with Crippen LogP contribution in [0, 0.1) is 23.7 Å². The van der Waals surface area contributed by atoms with Crippen molar-refractivity contribution in [2.45, 2.75) is 33.6 Å². The fraction of sp³-hybridized carbons (Fsp3) is 0.591. The van der Waals surface area contributed by atoms with Crippen LogP contribution in [0.3, 0.4) is 0 Å². The molecule has 1 aliphatic carbocycles. The van der Waals surface area contributed by atoms with Gasteiger partial charge in [-0.25, -0.2) is 0 Å². The van der Waals surface area contributed by atoms with Crippen LogP contribution in [0.4, 0.5) is 0 Å². The van der Waals surface area contributed by atoms with Gasteiger partial charge in [0, 0.05) is 44.6 Å². The first-order chi connectivity index (χ1) is 13.4. The molecular formula is C22H33N3O3. The Labute approximate surface area is 168 Å². The van der Waals surface area contributed by atoms with Crippen LogP contribution in [-0.4, -0.2) is 43.6 Å². The van der Waals surface area contributed by atoms with Crippen LogP contribution in [0.25, 0.3) is 0 Å². The Morgan fingerprint density at radius 1 is 1.25 bits per heavy atom. The minimum absolute atomic E-state index is 0.0711. The highest BCUT2D eigenvalue weighted by molar-refractivity contribution is 5.93. The number of ether oxygens (including phenoxy) is 1. The predicted octanol–water partition coefficient (Wildman–Crippen LogP) is 2.82. The van der Waals surface area contributed by atoms with Crippen molar-refractivity contribution < 1.29 is 14.3 Å². The summed E-state index contributed by atoms with van der Waals surface area (Å²) in [5.41, 5.74) is 1.86. The number of aromatic nitrogens is 1. The number of nitrogens with one attached hydrogen (secondary N) is 2. The van der Waals surface area contributed by atoms with E-state index in [1.54, 1.807) is 31.6 Å². The lowest BCUT2D eigenvalue weighted by atomic mass is 9.69. The highest BCUT2D eigenvalue weighted by atomic mass is 16.5. The lowest BCUT2D eigenvalue weighted by Crippen LogP contribution is -2.38. The van der Waals surface area contributed by atoms with Crippen molar-refractivity contribution in [3.05, 3.63) is 41.7 Å². The second-order valence-electron chi connectivity index (χ2n) is 7.91. The highest BCUT2D eigenvalue weighted by Crippen LogP contribution is 2.38. The van der Waals surface area contributed by atoms with E-state index in [2.05, 4.69) is 42.5 Å². The zero-order valence-corrected chi connectivity index (χ0v) is 17.4. The van der Waals surface area contributed by atoms with Crippen molar-refractivity contribution in [3.63, 3.8) is 0 Å². The number of nitrogens with zero attached hydrogens (tertiary/aromatic N) is 1. The molecule has 3 unspecified atom stereocenters. The fourth-order valence-corrected chi connectivity index (χ4v) is 3.91. The summed E-state index contributed by atoms with van der Waals surface area (Å²) in [5.74, 6) is 1.43. The van der Waals surface area contributed by atoms with Crippen molar-refractivity contribution in [2.24, 2.45) is 23.7 Å². The number of pyridine rings is 1. The molecule has 28 heavy (non-hydrogen) atoms. The molecule has 0 bridgehead atoms. The molecule has 0 saturated carbocycles. The van der Waals surface area contributed by atoms with Crippen molar-refractivity contribution in [1.29, 1.82) is 0 Å². The van der Waals surface area contributed by atoms with Crippen LogP contribution >= 0.6 is 0 Å². The molecule has 0 aliphatic heterocycles. The average molecular weight is 388 g/mol. The summed E-state index contributed by atoms with van der Waals surface area (Å²) in [6, 6.07) is 3.44. The van der Waals surface area contributed by atoms with Crippen LogP contribution in [0.15, 0.2) is 36.2 Å². The first kappa shape index (κ1) is 22.1. The Hall–Kier alpha value is -2.21. The highest BCUT2D eigenvalue weighted by Gasteiger charge is 2.32. The van der Waals surface area contributed by atoms with E-state index in [-0.39, 0.29) is 23.7 Å². The normalized spacial score (nSPS) is 21.9. The molecule has 0 spiro atoms. The Balaban J connectivity index is 1.97. The molecule has 0 saturated heterocycles. The van der Waals surface area contributed by atoms with Crippen LogP contribution in [0.2, 0.25) is 0 Å². The second kappa shape index (κ2) is 11.0. The maximum atomic E-state index is 12.4. The minimum Gasteiger partial charge on any atom is -0.383 e. The van der Waals surface area contributed by atoms with Gasteiger partial charge in [0.25, 0.3) is 5.91 Å². The predicted molar refractivity (Wildman–Crippen MR) is 110 cm³/mol. The van der Waals surface area contributed by atoms with Gasteiger partial charge in [0.2, 0.25) is 5.91 Å². The molecule has 0 aromatic carbocycles. The number of methoxy groups -OCH3 is 1. The van der Waals surface area contributed by atoms with E-state index < -0.39 is 0 Å². The van der Waals surface area contributed by atoms with E-state index >= 15 is 0 Å². The number of allylic oxidation sites excluding steroid dienone is 1. The van der Waals surface area contributed by atoms with Gasteiger partial charge in [-0.3, -0.25) is 14.6 Å².